The van der Waals surface area contributed by atoms with Crippen molar-refractivity contribution in [3.05, 3.63) is 59.7 Å². The number of amides is 2. The van der Waals surface area contributed by atoms with Gasteiger partial charge in [-0.1, -0.05) is 24.3 Å². The first-order chi connectivity index (χ1) is 16.7. The molecule has 0 aliphatic carbocycles. The first-order valence-electron chi connectivity index (χ1n) is 12.0. The minimum atomic E-state index is -3.53. The van der Waals surface area contributed by atoms with Crippen molar-refractivity contribution >= 4 is 27.5 Å². The van der Waals surface area contributed by atoms with Gasteiger partial charge in [0.15, 0.2) is 0 Å². The summed E-state index contributed by atoms with van der Waals surface area (Å²) in [7, 11) is -1.96. The molecule has 0 aliphatic heterocycles. The largest absolute Gasteiger partial charge is 0.497 e. The maximum absolute atomic E-state index is 13.4. The van der Waals surface area contributed by atoms with Gasteiger partial charge in [0.25, 0.3) is 0 Å². The maximum atomic E-state index is 13.4. The predicted molar refractivity (Wildman–Crippen MR) is 144 cm³/mol. The highest BCUT2D eigenvalue weighted by Crippen LogP contribution is 2.21. The Bertz CT molecular complexity index is 1160. The molecule has 2 aromatic carbocycles. The van der Waals surface area contributed by atoms with Crippen molar-refractivity contribution in [2.45, 2.75) is 65.6 Å². The number of hydrogen-bond acceptors (Lipinski definition) is 5. The number of nitrogens with zero attached hydrogens (tertiary/aromatic N) is 2. The SMILES string of the molecule is COc1cccc(CN(C(=O)CCCN(c2cccc(C)c2)S(C)(=O)=O)[C@@H](C)C(=O)NC(C)(C)C)c1. The number of benzene rings is 2. The molecule has 0 aliphatic rings. The minimum absolute atomic E-state index is 0.0922. The number of anilines is 1. The molecule has 198 valence electrons. The fourth-order valence-corrected chi connectivity index (χ4v) is 4.77. The summed E-state index contributed by atoms with van der Waals surface area (Å²) >= 11 is 0. The van der Waals surface area contributed by atoms with Crippen LogP contribution < -0.4 is 14.4 Å². The third kappa shape index (κ3) is 8.86. The van der Waals surface area contributed by atoms with E-state index in [1.54, 1.807) is 32.2 Å². The number of carbonyl (C=O) groups excluding carboxylic acids is 2. The average molecular weight is 518 g/mol. The summed E-state index contributed by atoms with van der Waals surface area (Å²) in [4.78, 5) is 27.8. The summed E-state index contributed by atoms with van der Waals surface area (Å²) in [6, 6.07) is 13.9. The quantitative estimate of drug-likeness (QED) is 0.488. The second kappa shape index (κ2) is 12.3. The van der Waals surface area contributed by atoms with Crippen molar-refractivity contribution < 1.29 is 22.7 Å². The van der Waals surface area contributed by atoms with E-state index in [9.17, 15) is 18.0 Å². The van der Waals surface area contributed by atoms with E-state index in [1.807, 2.05) is 58.0 Å². The van der Waals surface area contributed by atoms with E-state index in [2.05, 4.69) is 5.32 Å². The van der Waals surface area contributed by atoms with Crippen LogP contribution in [0.1, 0.15) is 51.7 Å². The fraction of sp³-hybridized carbons (Fsp3) is 0.481. The molecule has 0 saturated carbocycles. The van der Waals surface area contributed by atoms with E-state index < -0.39 is 21.6 Å². The molecule has 1 atom stereocenters. The van der Waals surface area contributed by atoms with Crippen LogP contribution in [-0.2, 0) is 26.2 Å². The summed E-state index contributed by atoms with van der Waals surface area (Å²) in [5, 5.41) is 2.94. The van der Waals surface area contributed by atoms with Crippen LogP contribution in [0, 0.1) is 6.92 Å². The molecule has 0 fully saturated rings. The molecular weight excluding hydrogens is 478 g/mol. The Kier molecular flexibility index (Phi) is 9.93. The standard InChI is InChI=1S/C27H39N3O5S/c1-20-11-8-13-23(17-20)30(36(7,33)34)16-10-15-25(31)29(21(2)26(32)28-27(3,4)5)19-22-12-9-14-24(18-22)35-6/h8-9,11-14,17-18,21H,10,15-16,19H2,1-7H3,(H,28,32)/t21-/m0/s1. The Hall–Kier alpha value is -3.07. The van der Waals surface area contributed by atoms with Gasteiger partial charge in [-0.25, -0.2) is 8.42 Å². The Morgan fingerprint density at radius 2 is 1.75 bits per heavy atom. The number of ether oxygens (including phenoxy) is 1. The Labute approximate surface area is 215 Å². The van der Waals surface area contributed by atoms with Crippen molar-refractivity contribution in [1.29, 1.82) is 0 Å². The third-order valence-electron chi connectivity index (χ3n) is 5.59. The first kappa shape index (κ1) is 29.2. The van der Waals surface area contributed by atoms with Crippen molar-refractivity contribution in [3.8, 4) is 5.75 Å². The van der Waals surface area contributed by atoms with Gasteiger partial charge in [0.2, 0.25) is 21.8 Å². The second-order valence-electron chi connectivity index (χ2n) is 10.1. The maximum Gasteiger partial charge on any atom is 0.242 e. The molecule has 0 spiro atoms. The van der Waals surface area contributed by atoms with E-state index in [-0.39, 0.29) is 31.3 Å². The highest BCUT2D eigenvalue weighted by Gasteiger charge is 2.28. The zero-order valence-corrected chi connectivity index (χ0v) is 23.2. The second-order valence-corrected chi connectivity index (χ2v) is 12.0. The highest BCUT2D eigenvalue weighted by molar-refractivity contribution is 7.92. The van der Waals surface area contributed by atoms with Gasteiger partial charge in [0, 0.05) is 25.0 Å². The number of sulfonamides is 1. The van der Waals surface area contributed by atoms with Gasteiger partial charge in [-0.2, -0.15) is 0 Å². The van der Waals surface area contributed by atoms with Gasteiger partial charge in [0.05, 0.1) is 19.1 Å². The number of carbonyl (C=O) groups is 2. The lowest BCUT2D eigenvalue weighted by molar-refractivity contribution is -0.141. The molecule has 9 heteroatoms. The summed E-state index contributed by atoms with van der Waals surface area (Å²) in [6.45, 7) is 9.64. The van der Waals surface area contributed by atoms with Gasteiger partial charge in [0.1, 0.15) is 11.8 Å². The van der Waals surface area contributed by atoms with Gasteiger partial charge >= 0.3 is 0 Å². The van der Waals surface area contributed by atoms with E-state index in [4.69, 9.17) is 4.74 Å². The minimum Gasteiger partial charge on any atom is -0.497 e. The summed E-state index contributed by atoms with van der Waals surface area (Å²) < 4.78 is 31.5. The molecule has 0 bridgehead atoms. The third-order valence-corrected chi connectivity index (χ3v) is 6.79. The van der Waals surface area contributed by atoms with Crippen LogP contribution in [0.15, 0.2) is 48.5 Å². The number of aryl methyl sites for hydroxylation is 1. The Morgan fingerprint density at radius 1 is 1.08 bits per heavy atom. The lowest BCUT2D eigenvalue weighted by Crippen LogP contribution is -2.52. The van der Waals surface area contributed by atoms with E-state index in [0.29, 0.717) is 17.9 Å². The molecule has 8 nitrogen and oxygen atoms in total. The lowest BCUT2D eigenvalue weighted by Gasteiger charge is -2.32. The molecule has 0 radical (unpaired) electrons. The first-order valence-corrected chi connectivity index (χ1v) is 13.8. The zero-order valence-electron chi connectivity index (χ0n) is 22.4. The van der Waals surface area contributed by atoms with Gasteiger partial charge < -0.3 is 15.0 Å². The summed E-state index contributed by atoms with van der Waals surface area (Å²) in [5.74, 6) is 0.178. The molecule has 0 aromatic heterocycles. The van der Waals surface area contributed by atoms with Gasteiger partial charge in [-0.15, -0.1) is 0 Å². The fourth-order valence-electron chi connectivity index (χ4n) is 3.81. The molecule has 36 heavy (non-hydrogen) atoms. The van der Waals surface area contributed by atoms with E-state index in [0.717, 1.165) is 17.4 Å². The van der Waals surface area contributed by atoms with E-state index >= 15 is 0 Å². The van der Waals surface area contributed by atoms with Crippen LogP contribution in [0.5, 0.6) is 5.75 Å². The molecule has 0 saturated heterocycles. The Morgan fingerprint density at radius 3 is 2.33 bits per heavy atom. The monoisotopic (exact) mass is 517 g/mol. The molecule has 0 unspecified atom stereocenters. The van der Waals surface area contributed by atoms with Crippen LogP contribution in [0.2, 0.25) is 0 Å². The van der Waals surface area contributed by atoms with Crippen molar-refractivity contribution in [3.63, 3.8) is 0 Å². The van der Waals surface area contributed by atoms with Crippen molar-refractivity contribution in [2.24, 2.45) is 0 Å². The van der Waals surface area contributed by atoms with Crippen LogP contribution >= 0.6 is 0 Å². The molecule has 2 rings (SSSR count). The highest BCUT2D eigenvalue weighted by atomic mass is 32.2. The zero-order chi connectivity index (χ0) is 27.1. The van der Waals surface area contributed by atoms with Gasteiger partial charge in [-0.3, -0.25) is 13.9 Å². The molecule has 2 amide bonds. The van der Waals surface area contributed by atoms with Crippen molar-refractivity contribution in [1.82, 2.24) is 10.2 Å². The summed E-state index contributed by atoms with van der Waals surface area (Å²) in [6.07, 6.45) is 1.56. The van der Waals surface area contributed by atoms with Crippen LogP contribution in [0.4, 0.5) is 5.69 Å². The number of nitrogens with one attached hydrogen (secondary N) is 1. The van der Waals surface area contributed by atoms with Gasteiger partial charge in [-0.05, 0) is 76.4 Å². The summed E-state index contributed by atoms with van der Waals surface area (Å²) in [5.41, 5.74) is 1.90. The van der Waals surface area contributed by atoms with Crippen LogP contribution in [0.25, 0.3) is 0 Å². The average Bonchev–Trinajstić information content (AvgIpc) is 2.77. The number of rotatable bonds is 11. The molecular formula is C27H39N3O5S. The smallest absolute Gasteiger partial charge is 0.242 e. The number of methoxy groups -OCH3 is 1. The molecule has 0 heterocycles. The Balaban J connectivity index is 2.21. The normalized spacial score (nSPS) is 12.5. The topological polar surface area (TPSA) is 96.0 Å². The number of hydrogen-bond donors (Lipinski definition) is 1. The lowest BCUT2D eigenvalue weighted by atomic mass is 10.1. The van der Waals surface area contributed by atoms with Crippen molar-refractivity contribution in [2.75, 3.05) is 24.2 Å². The van der Waals surface area contributed by atoms with Crippen LogP contribution in [0.3, 0.4) is 0 Å². The van der Waals surface area contributed by atoms with E-state index in [1.165, 1.54) is 9.21 Å². The molecule has 1 N–H and O–H groups in total. The predicted octanol–water partition coefficient (Wildman–Crippen LogP) is 3.88. The van der Waals surface area contributed by atoms with Crippen LogP contribution in [-0.4, -0.2) is 56.6 Å². The molecule has 2 aromatic rings.